The van der Waals surface area contributed by atoms with Gasteiger partial charge in [0.2, 0.25) is 15.9 Å². The Morgan fingerprint density at radius 2 is 1.73 bits per heavy atom. The highest BCUT2D eigenvalue weighted by Gasteiger charge is 2.32. The van der Waals surface area contributed by atoms with Gasteiger partial charge in [-0.3, -0.25) is 9.59 Å². The molecular formula is C24H29ClN2O5S. The van der Waals surface area contributed by atoms with Crippen LogP contribution in [0.25, 0.3) is 0 Å². The van der Waals surface area contributed by atoms with Gasteiger partial charge in [-0.1, -0.05) is 35.9 Å². The number of amides is 1. The molecule has 7 nitrogen and oxygen atoms in total. The number of ether oxygens (including phenoxy) is 1. The number of piperidine rings is 1. The van der Waals surface area contributed by atoms with Crippen LogP contribution < -0.4 is 0 Å². The summed E-state index contributed by atoms with van der Waals surface area (Å²) in [5, 5.41) is 0.431. The molecule has 1 fully saturated rings. The first-order valence-corrected chi connectivity index (χ1v) is 12.8. The zero-order valence-corrected chi connectivity index (χ0v) is 20.4. The Morgan fingerprint density at radius 3 is 2.33 bits per heavy atom. The van der Waals surface area contributed by atoms with E-state index in [-0.39, 0.29) is 35.8 Å². The predicted octanol–water partition coefficient (Wildman–Crippen LogP) is 3.64. The van der Waals surface area contributed by atoms with Crippen molar-refractivity contribution in [1.82, 2.24) is 9.21 Å². The first-order chi connectivity index (χ1) is 15.7. The molecule has 1 saturated heterocycles. The molecule has 0 bridgehead atoms. The first kappa shape index (κ1) is 25.2. The van der Waals surface area contributed by atoms with Gasteiger partial charge in [0.1, 0.15) is 0 Å². The van der Waals surface area contributed by atoms with E-state index < -0.39 is 10.0 Å². The van der Waals surface area contributed by atoms with Gasteiger partial charge >= 0.3 is 5.97 Å². The number of carbonyl (C=O) groups is 2. The van der Waals surface area contributed by atoms with Crippen molar-refractivity contribution >= 4 is 33.5 Å². The molecular weight excluding hydrogens is 464 g/mol. The third kappa shape index (κ3) is 6.34. The van der Waals surface area contributed by atoms with E-state index in [1.54, 1.807) is 11.8 Å². The lowest BCUT2D eigenvalue weighted by molar-refractivity contribution is -0.151. The Morgan fingerprint density at radius 1 is 1.09 bits per heavy atom. The van der Waals surface area contributed by atoms with E-state index >= 15 is 0 Å². The number of halogens is 1. The average Bonchev–Trinajstić information content (AvgIpc) is 2.80. The Kier molecular flexibility index (Phi) is 8.51. The number of hydrogen-bond donors (Lipinski definition) is 0. The summed E-state index contributed by atoms with van der Waals surface area (Å²) in [6.45, 7) is 4.56. The van der Waals surface area contributed by atoms with Crippen molar-refractivity contribution in [2.75, 3.05) is 26.2 Å². The molecule has 1 aliphatic rings. The van der Waals surface area contributed by atoms with Gasteiger partial charge in [-0.2, -0.15) is 4.31 Å². The molecule has 0 spiro atoms. The van der Waals surface area contributed by atoms with E-state index in [1.807, 2.05) is 31.2 Å². The summed E-state index contributed by atoms with van der Waals surface area (Å²) in [5.74, 6) is -0.755. The summed E-state index contributed by atoms with van der Waals surface area (Å²) >= 11 is 5.93. The van der Waals surface area contributed by atoms with Gasteiger partial charge in [-0.05, 0) is 62.1 Å². The molecule has 2 aromatic rings. The minimum absolute atomic E-state index is 0.0721. The molecule has 2 aromatic carbocycles. The monoisotopic (exact) mass is 492 g/mol. The molecule has 0 radical (unpaired) electrons. The number of hydrogen-bond acceptors (Lipinski definition) is 5. The summed E-state index contributed by atoms with van der Waals surface area (Å²) in [5.41, 5.74) is 1.76. The summed E-state index contributed by atoms with van der Waals surface area (Å²) in [4.78, 5) is 26.8. The van der Waals surface area contributed by atoms with E-state index in [1.165, 1.54) is 28.6 Å². The molecule has 0 atom stereocenters. The van der Waals surface area contributed by atoms with Crippen molar-refractivity contribution < 1.29 is 22.7 Å². The highest BCUT2D eigenvalue weighted by atomic mass is 35.5. The SMILES string of the molecule is CCOC(=O)C1CCN(C(=O)CN(Cc2ccccc2C)S(=O)(=O)c2ccc(Cl)cc2)CC1. The largest absolute Gasteiger partial charge is 0.466 e. The minimum atomic E-state index is -3.94. The van der Waals surface area contributed by atoms with Crippen molar-refractivity contribution in [2.24, 2.45) is 5.92 Å². The second kappa shape index (κ2) is 11.1. The van der Waals surface area contributed by atoms with Gasteiger partial charge in [0.05, 0.1) is 24.0 Å². The number of esters is 1. The van der Waals surface area contributed by atoms with Crippen LogP contribution in [0.3, 0.4) is 0 Å². The highest BCUT2D eigenvalue weighted by molar-refractivity contribution is 7.89. The summed E-state index contributed by atoms with van der Waals surface area (Å²) in [6, 6.07) is 13.4. The fourth-order valence-corrected chi connectivity index (χ4v) is 5.33. The van der Waals surface area contributed by atoms with Crippen LogP contribution in [0.5, 0.6) is 0 Å². The van der Waals surface area contributed by atoms with Crippen LogP contribution in [-0.4, -0.2) is 55.7 Å². The summed E-state index contributed by atoms with van der Waals surface area (Å²) in [7, 11) is -3.94. The molecule has 178 valence electrons. The number of rotatable bonds is 8. The maximum atomic E-state index is 13.4. The van der Waals surface area contributed by atoms with Crippen LogP contribution in [-0.2, 0) is 30.9 Å². The normalized spacial score (nSPS) is 15.0. The van der Waals surface area contributed by atoms with Crippen molar-refractivity contribution in [1.29, 1.82) is 0 Å². The lowest BCUT2D eigenvalue weighted by atomic mass is 9.97. The molecule has 1 amide bonds. The van der Waals surface area contributed by atoms with Crippen molar-refractivity contribution in [2.45, 2.75) is 38.1 Å². The molecule has 1 aliphatic heterocycles. The van der Waals surface area contributed by atoms with E-state index in [0.717, 1.165) is 11.1 Å². The quantitative estimate of drug-likeness (QED) is 0.525. The second-order valence-electron chi connectivity index (χ2n) is 8.06. The van der Waals surface area contributed by atoms with Crippen molar-refractivity contribution in [3.8, 4) is 0 Å². The van der Waals surface area contributed by atoms with Crippen LogP contribution in [0.4, 0.5) is 0 Å². The molecule has 33 heavy (non-hydrogen) atoms. The highest BCUT2D eigenvalue weighted by Crippen LogP contribution is 2.23. The summed E-state index contributed by atoms with van der Waals surface area (Å²) < 4.78 is 33.2. The number of aryl methyl sites for hydroxylation is 1. The first-order valence-electron chi connectivity index (χ1n) is 11.0. The number of benzene rings is 2. The fourth-order valence-electron chi connectivity index (χ4n) is 3.83. The van der Waals surface area contributed by atoms with Gasteiger partial charge in [0.15, 0.2) is 0 Å². The maximum Gasteiger partial charge on any atom is 0.309 e. The minimum Gasteiger partial charge on any atom is -0.466 e. The van der Waals surface area contributed by atoms with Gasteiger partial charge in [0.25, 0.3) is 0 Å². The van der Waals surface area contributed by atoms with E-state index in [2.05, 4.69) is 0 Å². The molecule has 0 aliphatic carbocycles. The van der Waals surface area contributed by atoms with E-state index in [0.29, 0.717) is 37.6 Å². The smallest absolute Gasteiger partial charge is 0.309 e. The Bertz CT molecular complexity index is 1080. The number of sulfonamides is 1. The average molecular weight is 493 g/mol. The van der Waals surface area contributed by atoms with E-state index in [9.17, 15) is 18.0 Å². The van der Waals surface area contributed by atoms with Gasteiger partial charge in [0, 0.05) is 24.7 Å². The Balaban J connectivity index is 1.78. The molecule has 0 saturated carbocycles. The lowest BCUT2D eigenvalue weighted by Crippen LogP contribution is -2.46. The van der Waals surface area contributed by atoms with Crippen LogP contribution in [0.15, 0.2) is 53.4 Å². The van der Waals surface area contributed by atoms with Crippen LogP contribution in [0, 0.1) is 12.8 Å². The number of carbonyl (C=O) groups excluding carboxylic acids is 2. The molecule has 3 rings (SSSR count). The van der Waals surface area contributed by atoms with Gasteiger partial charge < -0.3 is 9.64 Å². The van der Waals surface area contributed by atoms with Gasteiger partial charge in [-0.15, -0.1) is 0 Å². The molecule has 0 aromatic heterocycles. The molecule has 9 heteroatoms. The zero-order chi connectivity index (χ0) is 24.0. The topological polar surface area (TPSA) is 84.0 Å². The molecule has 1 heterocycles. The van der Waals surface area contributed by atoms with Crippen molar-refractivity contribution in [3.63, 3.8) is 0 Å². The van der Waals surface area contributed by atoms with Crippen molar-refractivity contribution in [3.05, 3.63) is 64.7 Å². The molecule has 0 unspecified atom stereocenters. The van der Waals surface area contributed by atoms with Gasteiger partial charge in [-0.25, -0.2) is 8.42 Å². The molecule has 0 N–H and O–H groups in total. The third-order valence-corrected chi connectivity index (χ3v) is 7.90. The van der Waals surface area contributed by atoms with E-state index in [4.69, 9.17) is 16.3 Å². The standard InChI is InChI=1S/C24H29ClN2O5S/c1-3-32-24(29)19-12-14-26(15-13-19)23(28)17-27(16-20-7-5-4-6-18(20)2)33(30,31)22-10-8-21(25)9-11-22/h4-11,19H,3,12-17H2,1-2H3. The Labute approximate surface area is 200 Å². The van der Waals surface area contributed by atoms with Crippen LogP contribution in [0.2, 0.25) is 5.02 Å². The number of likely N-dealkylation sites (tertiary alicyclic amines) is 1. The third-order valence-electron chi connectivity index (χ3n) is 5.84. The second-order valence-corrected chi connectivity index (χ2v) is 10.4. The fraction of sp³-hybridized carbons (Fsp3) is 0.417. The predicted molar refractivity (Wildman–Crippen MR) is 126 cm³/mol. The lowest BCUT2D eigenvalue weighted by Gasteiger charge is -2.32. The maximum absolute atomic E-state index is 13.4. The number of nitrogens with zero attached hydrogens (tertiary/aromatic N) is 2. The Hall–Kier alpha value is -2.42. The van der Waals surface area contributed by atoms with Crippen LogP contribution in [0.1, 0.15) is 30.9 Å². The zero-order valence-electron chi connectivity index (χ0n) is 18.9. The summed E-state index contributed by atoms with van der Waals surface area (Å²) in [6.07, 6.45) is 1.01. The van der Waals surface area contributed by atoms with Crippen LogP contribution >= 0.6 is 11.6 Å².